The first-order chi connectivity index (χ1) is 10.2. The minimum Gasteiger partial charge on any atom is -0.337 e. The number of rotatable bonds is 4. The van der Waals surface area contributed by atoms with E-state index >= 15 is 0 Å². The number of hydrogen-bond donors (Lipinski definition) is 0. The molecule has 2 aromatic heterocycles. The summed E-state index contributed by atoms with van der Waals surface area (Å²) < 4.78 is 1.91. The Morgan fingerprint density at radius 2 is 2.19 bits per heavy atom. The summed E-state index contributed by atoms with van der Waals surface area (Å²) in [7, 11) is 0. The van der Waals surface area contributed by atoms with Gasteiger partial charge in [0.15, 0.2) is 0 Å². The molecule has 0 radical (unpaired) electrons. The summed E-state index contributed by atoms with van der Waals surface area (Å²) in [6.45, 7) is 6.47. The fourth-order valence-electron chi connectivity index (χ4n) is 2.74. The van der Waals surface area contributed by atoms with E-state index < -0.39 is 0 Å². The number of hydrogen-bond acceptors (Lipinski definition) is 3. The second-order valence-electron chi connectivity index (χ2n) is 5.56. The van der Waals surface area contributed by atoms with Crippen LogP contribution in [0.3, 0.4) is 0 Å². The zero-order valence-corrected chi connectivity index (χ0v) is 12.5. The highest BCUT2D eigenvalue weighted by Gasteiger charge is 2.33. The van der Waals surface area contributed by atoms with Gasteiger partial charge in [-0.3, -0.25) is 14.5 Å². The first-order valence-corrected chi connectivity index (χ1v) is 7.42. The van der Waals surface area contributed by atoms with Gasteiger partial charge >= 0.3 is 0 Å². The zero-order valence-electron chi connectivity index (χ0n) is 12.5. The first-order valence-electron chi connectivity index (χ1n) is 7.42. The molecule has 5 heteroatoms. The van der Waals surface area contributed by atoms with Crippen LogP contribution in [-0.2, 0) is 6.54 Å². The molecule has 1 aliphatic heterocycles. The number of nitrogens with zero attached hydrogens (tertiary/aromatic N) is 4. The Morgan fingerprint density at radius 3 is 2.86 bits per heavy atom. The number of likely N-dealkylation sites (tertiary alicyclic amines) is 1. The van der Waals surface area contributed by atoms with E-state index in [4.69, 9.17) is 0 Å². The average Bonchev–Trinajstić information content (AvgIpc) is 2.80. The predicted octanol–water partition coefficient (Wildman–Crippen LogP) is 2.24. The van der Waals surface area contributed by atoms with Crippen LogP contribution in [0.4, 0.5) is 0 Å². The third kappa shape index (κ3) is 2.55. The van der Waals surface area contributed by atoms with Crippen LogP contribution in [0, 0.1) is 6.92 Å². The van der Waals surface area contributed by atoms with Crippen molar-refractivity contribution in [2.45, 2.75) is 32.7 Å². The Balaban J connectivity index is 1.66. The fraction of sp³-hybridized carbons (Fsp3) is 0.438. The van der Waals surface area contributed by atoms with E-state index in [2.05, 4.69) is 23.1 Å². The summed E-state index contributed by atoms with van der Waals surface area (Å²) in [5.74, 6) is 0.503. The molecular formula is C16H20N4O. The van der Waals surface area contributed by atoms with Gasteiger partial charge in [-0.1, -0.05) is 13.0 Å². The largest absolute Gasteiger partial charge is 0.337 e. The number of aryl methyl sites for hydroxylation is 1. The van der Waals surface area contributed by atoms with E-state index in [0.717, 1.165) is 37.3 Å². The molecule has 3 heterocycles. The van der Waals surface area contributed by atoms with Gasteiger partial charge in [-0.05, 0) is 25.0 Å². The van der Waals surface area contributed by atoms with Crippen molar-refractivity contribution in [3.8, 4) is 0 Å². The van der Waals surface area contributed by atoms with Crippen LogP contribution in [-0.4, -0.2) is 38.7 Å². The van der Waals surface area contributed by atoms with E-state index in [0.29, 0.717) is 5.92 Å². The van der Waals surface area contributed by atoms with Gasteiger partial charge in [-0.15, -0.1) is 0 Å². The van der Waals surface area contributed by atoms with Crippen LogP contribution in [0.15, 0.2) is 30.7 Å². The van der Waals surface area contributed by atoms with Gasteiger partial charge in [0.1, 0.15) is 0 Å². The van der Waals surface area contributed by atoms with Crippen molar-refractivity contribution in [1.29, 1.82) is 0 Å². The second kappa shape index (κ2) is 5.68. The van der Waals surface area contributed by atoms with E-state index in [-0.39, 0.29) is 5.91 Å². The van der Waals surface area contributed by atoms with Crippen molar-refractivity contribution in [2.24, 2.45) is 0 Å². The molecule has 3 rings (SSSR count). The van der Waals surface area contributed by atoms with Gasteiger partial charge in [-0.2, -0.15) is 5.10 Å². The Bertz CT molecular complexity index is 629. The van der Waals surface area contributed by atoms with E-state index in [1.807, 2.05) is 28.8 Å². The molecule has 0 saturated carbocycles. The lowest BCUT2D eigenvalue weighted by Gasteiger charge is -2.39. The van der Waals surface area contributed by atoms with Crippen LogP contribution in [0.5, 0.6) is 0 Å². The molecule has 2 aromatic rings. The Hall–Kier alpha value is -2.17. The van der Waals surface area contributed by atoms with Crippen LogP contribution in [0.25, 0.3) is 0 Å². The van der Waals surface area contributed by atoms with Gasteiger partial charge < -0.3 is 4.90 Å². The van der Waals surface area contributed by atoms with Gasteiger partial charge in [0.2, 0.25) is 0 Å². The van der Waals surface area contributed by atoms with Crippen LogP contribution >= 0.6 is 0 Å². The molecule has 1 saturated heterocycles. The fourth-order valence-corrected chi connectivity index (χ4v) is 2.74. The van der Waals surface area contributed by atoms with Crippen LogP contribution in [0.1, 0.15) is 40.9 Å². The molecule has 1 amide bonds. The molecule has 0 unspecified atom stereocenters. The Labute approximate surface area is 124 Å². The minimum absolute atomic E-state index is 0.0926. The molecule has 21 heavy (non-hydrogen) atoms. The van der Waals surface area contributed by atoms with Crippen LogP contribution < -0.4 is 0 Å². The Morgan fingerprint density at radius 1 is 1.38 bits per heavy atom. The van der Waals surface area contributed by atoms with Crippen molar-refractivity contribution in [2.75, 3.05) is 13.1 Å². The van der Waals surface area contributed by atoms with Crippen LogP contribution in [0.2, 0.25) is 0 Å². The molecule has 5 nitrogen and oxygen atoms in total. The van der Waals surface area contributed by atoms with Gasteiger partial charge in [-0.25, -0.2) is 0 Å². The molecule has 0 N–H and O–H groups in total. The lowest BCUT2D eigenvalue weighted by molar-refractivity contribution is 0.0601. The highest BCUT2D eigenvalue weighted by molar-refractivity contribution is 5.95. The predicted molar refractivity (Wildman–Crippen MR) is 80.1 cm³/mol. The Kier molecular flexibility index (Phi) is 3.73. The summed E-state index contributed by atoms with van der Waals surface area (Å²) in [4.78, 5) is 18.5. The number of pyridine rings is 1. The van der Waals surface area contributed by atoms with E-state index in [1.54, 1.807) is 12.4 Å². The van der Waals surface area contributed by atoms with Gasteiger partial charge in [0.05, 0.1) is 11.8 Å². The molecule has 0 atom stereocenters. The zero-order chi connectivity index (χ0) is 14.8. The molecule has 110 valence electrons. The van der Waals surface area contributed by atoms with Gasteiger partial charge in [0, 0.05) is 43.6 Å². The van der Waals surface area contributed by atoms with Crippen molar-refractivity contribution in [1.82, 2.24) is 19.7 Å². The van der Waals surface area contributed by atoms with Crippen molar-refractivity contribution >= 4 is 5.91 Å². The number of carbonyl (C=O) groups excluding carboxylic acids is 1. The lowest BCUT2D eigenvalue weighted by atomic mass is 9.92. The smallest absolute Gasteiger partial charge is 0.257 e. The highest BCUT2D eigenvalue weighted by Crippen LogP contribution is 2.28. The summed E-state index contributed by atoms with van der Waals surface area (Å²) in [5.41, 5.74) is 2.90. The standard InChI is InChI=1S/C16H20N4O/c1-3-7-20-12(2)15(9-18-20)16(21)19-10-14(11-19)13-5-4-6-17-8-13/h4-6,8-9,14H,3,7,10-11H2,1-2H3. The van der Waals surface area contributed by atoms with Crippen molar-refractivity contribution in [3.05, 3.63) is 47.5 Å². The maximum absolute atomic E-state index is 12.5. The second-order valence-corrected chi connectivity index (χ2v) is 5.56. The summed E-state index contributed by atoms with van der Waals surface area (Å²) in [6, 6.07) is 4.02. The summed E-state index contributed by atoms with van der Waals surface area (Å²) in [5, 5.41) is 4.30. The molecule has 1 aliphatic rings. The molecule has 1 fully saturated rings. The SMILES string of the molecule is CCCn1ncc(C(=O)N2CC(c3cccnc3)C2)c1C. The normalized spacial score (nSPS) is 15.0. The maximum Gasteiger partial charge on any atom is 0.257 e. The van der Waals surface area contributed by atoms with Crippen molar-refractivity contribution in [3.63, 3.8) is 0 Å². The topological polar surface area (TPSA) is 51.0 Å². The minimum atomic E-state index is 0.0926. The highest BCUT2D eigenvalue weighted by atomic mass is 16.2. The average molecular weight is 284 g/mol. The number of carbonyl (C=O) groups is 1. The quantitative estimate of drug-likeness (QED) is 0.865. The number of amides is 1. The van der Waals surface area contributed by atoms with E-state index in [1.165, 1.54) is 5.56 Å². The monoisotopic (exact) mass is 284 g/mol. The third-order valence-corrected chi connectivity index (χ3v) is 4.09. The van der Waals surface area contributed by atoms with E-state index in [9.17, 15) is 4.79 Å². The lowest BCUT2D eigenvalue weighted by Crippen LogP contribution is -2.48. The van der Waals surface area contributed by atoms with Crippen molar-refractivity contribution < 1.29 is 4.79 Å². The van der Waals surface area contributed by atoms with Gasteiger partial charge in [0.25, 0.3) is 5.91 Å². The number of aromatic nitrogens is 3. The molecular weight excluding hydrogens is 264 g/mol. The molecule has 0 spiro atoms. The molecule has 0 aromatic carbocycles. The third-order valence-electron chi connectivity index (χ3n) is 4.09. The summed E-state index contributed by atoms with van der Waals surface area (Å²) >= 11 is 0. The molecule has 0 bridgehead atoms. The maximum atomic E-state index is 12.5. The first kappa shape index (κ1) is 13.8. The molecule has 0 aliphatic carbocycles. The summed E-state index contributed by atoms with van der Waals surface area (Å²) in [6.07, 6.45) is 6.38.